The van der Waals surface area contributed by atoms with Gasteiger partial charge in [0.1, 0.15) is 5.82 Å². The van der Waals surface area contributed by atoms with Gasteiger partial charge < -0.3 is 9.30 Å². The molecule has 0 fully saturated rings. The monoisotopic (exact) mass is 372 g/mol. The fraction of sp³-hybridized carbons (Fsp3) is 0.562. The minimum Gasteiger partial charge on any atom is -0.385 e. The van der Waals surface area contributed by atoms with E-state index < -0.39 is 0 Å². The van der Waals surface area contributed by atoms with Crippen molar-refractivity contribution in [1.82, 2.24) is 9.55 Å². The first-order valence-corrected chi connectivity index (χ1v) is 8.36. The van der Waals surface area contributed by atoms with Crippen LogP contribution in [0, 0.1) is 5.41 Å². The summed E-state index contributed by atoms with van der Waals surface area (Å²) in [5, 5.41) is -0.116. The molecule has 1 aromatic carbocycles. The Balaban J connectivity index is 2.43. The van der Waals surface area contributed by atoms with E-state index in [0.717, 1.165) is 40.9 Å². The second kappa shape index (κ2) is 6.67. The molecule has 0 saturated heterocycles. The average molecular weight is 374 g/mol. The molecule has 116 valence electrons. The van der Waals surface area contributed by atoms with Crippen molar-refractivity contribution in [3.63, 3.8) is 0 Å². The fourth-order valence-electron chi connectivity index (χ4n) is 2.48. The minimum absolute atomic E-state index is 0.116. The standard InChI is InChI=1S/C16H22BrClN2O/c1-11(18)15-19-13-9-12(17)5-6-14(13)20(15)10-16(2,3)7-8-21-4/h5-6,9,11H,7-8,10H2,1-4H3. The number of aromatic nitrogens is 2. The number of halogens is 2. The number of alkyl halides is 1. The maximum absolute atomic E-state index is 6.33. The van der Waals surface area contributed by atoms with Gasteiger partial charge in [-0.25, -0.2) is 4.98 Å². The number of methoxy groups -OCH3 is 1. The zero-order valence-electron chi connectivity index (χ0n) is 13.0. The summed E-state index contributed by atoms with van der Waals surface area (Å²) in [6, 6.07) is 6.18. The van der Waals surface area contributed by atoms with Crippen molar-refractivity contribution in [1.29, 1.82) is 0 Å². The predicted octanol–water partition coefficient (Wildman–Crippen LogP) is 5.16. The van der Waals surface area contributed by atoms with Gasteiger partial charge in [0.05, 0.1) is 16.4 Å². The largest absolute Gasteiger partial charge is 0.385 e. The molecule has 0 aliphatic carbocycles. The van der Waals surface area contributed by atoms with Crippen LogP contribution in [0.15, 0.2) is 22.7 Å². The van der Waals surface area contributed by atoms with Crippen LogP contribution in [0.3, 0.4) is 0 Å². The Morgan fingerprint density at radius 3 is 2.76 bits per heavy atom. The van der Waals surface area contributed by atoms with Gasteiger partial charge in [0.2, 0.25) is 0 Å². The Morgan fingerprint density at radius 1 is 1.43 bits per heavy atom. The highest BCUT2D eigenvalue weighted by Gasteiger charge is 2.23. The van der Waals surface area contributed by atoms with Crippen molar-refractivity contribution in [2.45, 2.75) is 39.1 Å². The lowest BCUT2D eigenvalue weighted by atomic mass is 9.89. The quantitative estimate of drug-likeness (QED) is 0.654. The van der Waals surface area contributed by atoms with Gasteiger partial charge in [-0.1, -0.05) is 29.8 Å². The highest BCUT2D eigenvalue weighted by molar-refractivity contribution is 9.10. The number of hydrogen-bond acceptors (Lipinski definition) is 2. The SMILES string of the molecule is COCCC(C)(C)Cn1c(C(C)Cl)nc2cc(Br)ccc21. The fourth-order valence-corrected chi connectivity index (χ4v) is 2.99. The average Bonchev–Trinajstić information content (AvgIpc) is 2.74. The summed E-state index contributed by atoms with van der Waals surface area (Å²) in [6.07, 6.45) is 0.996. The van der Waals surface area contributed by atoms with Crippen LogP contribution in [-0.2, 0) is 11.3 Å². The maximum Gasteiger partial charge on any atom is 0.127 e. The Labute approximate surface area is 139 Å². The van der Waals surface area contributed by atoms with E-state index in [9.17, 15) is 0 Å². The number of hydrogen-bond donors (Lipinski definition) is 0. The molecule has 21 heavy (non-hydrogen) atoms. The summed E-state index contributed by atoms with van der Waals surface area (Å²) in [5.74, 6) is 0.926. The summed E-state index contributed by atoms with van der Waals surface area (Å²) in [7, 11) is 1.74. The van der Waals surface area contributed by atoms with Crippen LogP contribution >= 0.6 is 27.5 Å². The summed E-state index contributed by atoms with van der Waals surface area (Å²) < 4.78 is 8.50. The minimum atomic E-state index is -0.116. The summed E-state index contributed by atoms with van der Waals surface area (Å²) in [4.78, 5) is 4.71. The lowest BCUT2D eigenvalue weighted by molar-refractivity contribution is 0.142. The molecule has 1 unspecified atom stereocenters. The first-order valence-electron chi connectivity index (χ1n) is 7.13. The summed E-state index contributed by atoms with van der Waals surface area (Å²) in [5.41, 5.74) is 2.23. The number of benzene rings is 1. The number of ether oxygens (including phenoxy) is 1. The summed E-state index contributed by atoms with van der Waals surface area (Å²) in [6.45, 7) is 8.10. The van der Waals surface area contributed by atoms with E-state index in [0.29, 0.717) is 0 Å². The van der Waals surface area contributed by atoms with Crippen molar-refractivity contribution in [3.05, 3.63) is 28.5 Å². The van der Waals surface area contributed by atoms with Crippen LogP contribution in [0.1, 0.15) is 38.4 Å². The van der Waals surface area contributed by atoms with Gasteiger partial charge in [-0.05, 0) is 37.0 Å². The molecule has 0 aliphatic heterocycles. The van der Waals surface area contributed by atoms with E-state index in [4.69, 9.17) is 21.3 Å². The molecule has 0 N–H and O–H groups in total. The van der Waals surface area contributed by atoms with Crippen molar-refractivity contribution < 1.29 is 4.74 Å². The first kappa shape index (κ1) is 16.8. The number of rotatable bonds is 6. The second-order valence-electron chi connectivity index (χ2n) is 6.21. The molecule has 0 radical (unpaired) electrons. The van der Waals surface area contributed by atoms with Gasteiger partial charge in [-0.2, -0.15) is 0 Å². The molecular formula is C16H22BrClN2O. The Kier molecular flexibility index (Phi) is 5.33. The zero-order chi connectivity index (χ0) is 15.6. The Morgan fingerprint density at radius 2 is 2.14 bits per heavy atom. The van der Waals surface area contributed by atoms with E-state index in [2.05, 4.69) is 40.4 Å². The van der Waals surface area contributed by atoms with Crippen molar-refractivity contribution in [2.24, 2.45) is 5.41 Å². The van der Waals surface area contributed by atoms with Crippen LogP contribution in [0.4, 0.5) is 0 Å². The van der Waals surface area contributed by atoms with Gasteiger partial charge in [0.15, 0.2) is 0 Å². The number of nitrogens with zero attached hydrogens (tertiary/aromatic N) is 2. The van der Waals surface area contributed by atoms with Crippen LogP contribution < -0.4 is 0 Å². The van der Waals surface area contributed by atoms with E-state index in [1.165, 1.54) is 0 Å². The molecular weight excluding hydrogens is 352 g/mol. The highest BCUT2D eigenvalue weighted by atomic mass is 79.9. The van der Waals surface area contributed by atoms with Crippen LogP contribution in [0.5, 0.6) is 0 Å². The van der Waals surface area contributed by atoms with Gasteiger partial charge in [-0.15, -0.1) is 11.6 Å². The molecule has 0 spiro atoms. The molecule has 0 saturated carbocycles. The van der Waals surface area contributed by atoms with Crippen LogP contribution in [-0.4, -0.2) is 23.3 Å². The molecule has 2 rings (SSSR count). The van der Waals surface area contributed by atoms with Gasteiger partial charge in [-0.3, -0.25) is 0 Å². The van der Waals surface area contributed by atoms with Gasteiger partial charge in [0.25, 0.3) is 0 Å². The first-order chi connectivity index (χ1) is 9.84. The lowest BCUT2D eigenvalue weighted by Gasteiger charge is -2.26. The van der Waals surface area contributed by atoms with Gasteiger partial charge >= 0.3 is 0 Å². The van der Waals surface area contributed by atoms with Crippen LogP contribution in [0.2, 0.25) is 0 Å². The molecule has 0 amide bonds. The zero-order valence-corrected chi connectivity index (χ0v) is 15.3. The Bertz CT molecular complexity index is 622. The molecule has 0 aliphatic rings. The maximum atomic E-state index is 6.33. The van der Waals surface area contributed by atoms with Gasteiger partial charge in [0, 0.05) is 24.7 Å². The molecule has 1 heterocycles. The van der Waals surface area contributed by atoms with Crippen LogP contribution in [0.25, 0.3) is 11.0 Å². The third-order valence-corrected chi connectivity index (χ3v) is 4.35. The molecule has 2 aromatic rings. The predicted molar refractivity (Wildman–Crippen MR) is 92.0 cm³/mol. The van der Waals surface area contributed by atoms with E-state index >= 15 is 0 Å². The molecule has 0 bridgehead atoms. The molecule has 5 heteroatoms. The molecule has 1 atom stereocenters. The summed E-state index contributed by atoms with van der Waals surface area (Å²) >= 11 is 9.83. The van der Waals surface area contributed by atoms with E-state index in [1.54, 1.807) is 7.11 Å². The number of fused-ring (bicyclic) bond motifs is 1. The highest BCUT2D eigenvalue weighted by Crippen LogP contribution is 2.31. The molecule has 3 nitrogen and oxygen atoms in total. The smallest absolute Gasteiger partial charge is 0.127 e. The third kappa shape index (κ3) is 3.99. The Hall–Kier alpha value is -0.580. The number of imidazole rings is 1. The van der Waals surface area contributed by atoms with E-state index in [1.807, 2.05) is 19.1 Å². The lowest BCUT2D eigenvalue weighted by Crippen LogP contribution is -2.23. The second-order valence-corrected chi connectivity index (χ2v) is 7.78. The van der Waals surface area contributed by atoms with Crippen molar-refractivity contribution in [3.8, 4) is 0 Å². The third-order valence-electron chi connectivity index (χ3n) is 3.66. The normalized spacial score (nSPS) is 13.8. The molecule has 1 aromatic heterocycles. The topological polar surface area (TPSA) is 27.1 Å². The van der Waals surface area contributed by atoms with Crippen molar-refractivity contribution in [2.75, 3.05) is 13.7 Å². The van der Waals surface area contributed by atoms with Crippen molar-refractivity contribution >= 4 is 38.6 Å². The van der Waals surface area contributed by atoms with E-state index in [-0.39, 0.29) is 10.8 Å².